The van der Waals surface area contributed by atoms with Crippen molar-refractivity contribution in [3.63, 3.8) is 0 Å². The van der Waals surface area contributed by atoms with Crippen molar-refractivity contribution in [2.45, 2.75) is 25.5 Å². The molecule has 0 aliphatic carbocycles. The van der Waals surface area contributed by atoms with Gasteiger partial charge in [-0.05, 0) is 48.9 Å². The van der Waals surface area contributed by atoms with Crippen LogP contribution in [0.4, 0.5) is 5.82 Å². The van der Waals surface area contributed by atoms with Crippen LogP contribution in [-0.4, -0.2) is 42.1 Å². The van der Waals surface area contributed by atoms with Gasteiger partial charge in [0.15, 0.2) is 11.5 Å². The lowest BCUT2D eigenvalue weighted by molar-refractivity contribution is -0.132. The second kappa shape index (κ2) is 8.79. The maximum Gasteiger partial charge on any atom is 0.301 e. The molecule has 35 heavy (non-hydrogen) atoms. The van der Waals surface area contributed by atoms with Crippen LogP contribution in [-0.2, 0) is 16.0 Å². The van der Waals surface area contributed by atoms with E-state index in [-0.39, 0.29) is 23.3 Å². The summed E-state index contributed by atoms with van der Waals surface area (Å²) in [7, 11) is 2.99. The van der Waals surface area contributed by atoms with Gasteiger partial charge in [-0.3, -0.25) is 14.5 Å². The molecule has 178 valence electrons. The van der Waals surface area contributed by atoms with Crippen LogP contribution >= 0.6 is 0 Å². The standard InChI is InChI=1S/C27H24N2O6/c1-15-13-17-14-16(10-11-19(17)35-15)24(30)22-23(18-7-6-8-20(33-2)26(18)34-3)29(27(32)25(22)31)21-9-4-5-12-28-21/h4-12,14-15,23,30H,13H2,1-3H3. The van der Waals surface area contributed by atoms with E-state index in [2.05, 4.69) is 4.98 Å². The molecule has 2 aliphatic heterocycles. The highest BCUT2D eigenvalue weighted by atomic mass is 16.5. The van der Waals surface area contributed by atoms with Gasteiger partial charge in [-0.25, -0.2) is 4.98 Å². The third kappa shape index (κ3) is 3.67. The molecule has 2 aliphatic rings. The molecule has 5 rings (SSSR count). The number of aliphatic hydroxyl groups excluding tert-OH is 1. The number of nitrogens with zero attached hydrogens (tertiary/aromatic N) is 2. The van der Waals surface area contributed by atoms with Crippen LogP contribution in [0.3, 0.4) is 0 Å². The second-order valence-corrected chi connectivity index (χ2v) is 8.39. The normalized spacial score (nSPS) is 20.5. The fraction of sp³-hybridized carbons (Fsp3) is 0.222. The van der Waals surface area contributed by atoms with Crippen LogP contribution in [0.15, 0.2) is 66.4 Å². The lowest BCUT2D eigenvalue weighted by Gasteiger charge is -2.26. The maximum absolute atomic E-state index is 13.4. The minimum absolute atomic E-state index is 0.0261. The van der Waals surface area contributed by atoms with E-state index in [0.717, 1.165) is 11.3 Å². The smallest absolute Gasteiger partial charge is 0.301 e. The first-order valence-corrected chi connectivity index (χ1v) is 11.2. The number of para-hydroxylation sites is 1. The van der Waals surface area contributed by atoms with Crippen molar-refractivity contribution in [3.8, 4) is 17.2 Å². The summed E-state index contributed by atoms with van der Waals surface area (Å²) in [5, 5.41) is 11.4. The average molecular weight is 472 g/mol. The molecule has 1 amide bonds. The molecule has 2 aromatic carbocycles. The number of Topliss-reactive ketones (excluding diaryl/α,β-unsaturated/α-hetero) is 1. The van der Waals surface area contributed by atoms with Crippen molar-refractivity contribution in [1.82, 2.24) is 4.98 Å². The Bertz CT molecular complexity index is 1350. The monoisotopic (exact) mass is 472 g/mol. The number of aromatic nitrogens is 1. The first-order chi connectivity index (χ1) is 16.9. The molecule has 0 radical (unpaired) electrons. The van der Waals surface area contributed by atoms with Crippen LogP contribution in [0.25, 0.3) is 5.76 Å². The van der Waals surface area contributed by atoms with Gasteiger partial charge in [0.1, 0.15) is 29.5 Å². The molecule has 1 saturated heterocycles. The maximum atomic E-state index is 13.4. The van der Waals surface area contributed by atoms with Crippen LogP contribution in [0.5, 0.6) is 17.2 Å². The van der Waals surface area contributed by atoms with Crippen molar-refractivity contribution in [2.24, 2.45) is 0 Å². The topological polar surface area (TPSA) is 98.2 Å². The summed E-state index contributed by atoms with van der Waals surface area (Å²) in [6.07, 6.45) is 2.25. The number of fused-ring (bicyclic) bond motifs is 1. The summed E-state index contributed by atoms with van der Waals surface area (Å²) >= 11 is 0. The number of carbonyl (C=O) groups is 2. The van der Waals surface area contributed by atoms with Gasteiger partial charge in [0.05, 0.1) is 19.8 Å². The van der Waals surface area contributed by atoms with E-state index in [9.17, 15) is 14.7 Å². The third-order valence-corrected chi connectivity index (χ3v) is 6.24. The van der Waals surface area contributed by atoms with Gasteiger partial charge in [-0.2, -0.15) is 0 Å². The van der Waals surface area contributed by atoms with Crippen LogP contribution in [0.1, 0.15) is 29.7 Å². The Morgan fingerprint density at radius 1 is 1.09 bits per heavy atom. The van der Waals surface area contributed by atoms with Gasteiger partial charge in [0.25, 0.3) is 5.78 Å². The largest absolute Gasteiger partial charge is 0.507 e. The summed E-state index contributed by atoms with van der Waals surface area (Å²) < 4.78 is 16.8. The zero-order valence-corrected chi connectivity index (χ0v) is 19.5. The van der Waals surface area contributed by atoms with E-state index in [1.54, 1.807) is 54.6 Å². The number of rotatable bonds is 5. The van der Waals surface area contributed by atoms with Crippen molar-refractivity contribution in [1.29, 1.82) is 0 Å². The minimum atomic E-state index is -0.988. The fourth-order valence-electron chi connectivity index (χ4n) is 4.71. The molecule has 8 nitrogen and oxygen atoms in total. The molecule has 0 saturated carbocycles. The first-order valence-electron chi connectivity index (χ1n) is 11.2. The highest BCUT2D eigenvalue weighted by molar-refractivity contribution is 6.51. The Kier molecular flexibility index (Phi) is 5.64. The molecule has 1 aromatic heterocycles. The van der Waals surface area contributed by atoms with Crippen LogP contribution in [0.2, 0.25) is 0 Å². The first kappa shape index (κ1) is 22.5. The predicted octanol–water partition coefficient (Wildman–Crippen LogP) is 4.05. The van der Waals surface area contributed by atoms with E-state index in [4.69, 9.17) is 14.2 Å². The Hall–Kier alpha value is -4.33. The molecular formula is C27H24N2O6. The van der Waals surface area contributed by atoms with Gasteiger partial charge < -0.3 is 19.3 Å². The van der Waals surface area contributed by atoms with Gasteiger partial charge >= 0.3 is 5.91 Å². The van der Waals surface area contributed by atoms with E-state index in [1.807, 2.05) is 6.92 Å². The SMILES string of the molecule is COc1cccc(C2C(=C(O)c3ccc4c(c3)CC(C)O4)C(=O)C(=O)N2c2ccccn2)c1OC. The number of aliphatic hydroxyl groups is 1. The minimum Gasteiger partial charge on any atom is -0.507 e. The van der Waals surface area contributed by atoms with Crippen LogP contribution in [0, 0.1) is 0 Å². The van der Waals surface area contributed by atoms with E-state index < -0.39 is 17.7 Å². The summed E-state index contributed by atoms with van der Waals surface area (Å²) in [5.41, 5.74) is 1.78. The van der Waals surface area contributed by atoms with Gasteiger partial charge in [-0.15, -0.1) is 0 Å². The number of pyridine rings is 1. The number of benzene rings is 2. The number of amides is 1. The zero-order valence-electron chi connectivity index (χ0n) is 19.5. The second-order valence-electron chi connectivity index (χ2n) is 8.39. The summed E-state index contributed by atoms with van der Waals surface area (Å²) in [6, 6.07) is 14.5. The summed E-state index contributed by atoms with van der Waals surface area (Å²) in [4.78, 5) is 32.3. The molecule has 1 N–H and O–H groups in total. The molecule has 0 spiro atoms. The van der Waals surface area contributed by atoms with Crippen molar-refractivity contribution in [3.05, 3.63) is 83.1 Å². The lowest BCUT2D eigenvalue weighted by atomic mass is 9.93. The number of methoxy groups -OCH3 is 2. The van der Waals surface area contributed by atoms with Crippen molar-refractivity contribution in [2.75, 3.05) is 19.1 Å². The molecule has 0 bridgehead atoms. The quantitative estimate of drug-likeness (QED) is 0.340. The molecule has 3 aromatic rings. The van der Waals surface area contributed by atoms with Crippen molar-refractivity contribution < 1.29 is 28.9 Å². The molecular weight excluding hydrogens is 448 g/mol. The number of anilines is 1. The zero-order chi connectivity index (χ0) is 24.7. The summed E-state index contributed by atoms with van der Waals surface area (Å²) in [5.74, 6) is -0.0794. The fourth-order valence-corrected chi connectivity index (χ4v) is 4.71. The number of ether oxygens (including phenoxy) is 3. The van der Waals surface area contributed by atoms with E-state index >= 15 is 0 Å². The van der Waals surface area contributed by atoms with Crippen LogP contribution < -0.4 is 19.1 Å². The van der Waals surface area contributed by atoms with E-state index in [1.165, 1.54) is 25.3 Å². The number of ketones is 1. The summed E-state index contributed by atoms with van der Waals surface area (Å²) in [6.45, 7) is 1.97. The van der Waals surface area contributed by atoms with Gasteiger partial charge in [0, 0.05) is 23.7 Å². The average Bonchev–Trinajstić information content (AvgIpc) is 3.38. The van der Waals surface area contributed by atoms with Gasteiger partial charge in [0.2, 0.25) is 0 Å². The molecule has 8 heteroatoms. The Morgan fingerprint density at radius 3 is 2.63 bits per heavy atom. The van der Waals surface area contributed by atoms with Crippen molar-refractivity contribution >= 4 is 23.3 Å². The number of hydrogen-bond donors (Lipinski definition) is 1. The highest BCUT2D eigenvalue weighted by Gasteiger charge is 2.48. The third-order valence-electron chi connectivity index (χ3n) is 6.24. The molecule has 3 heterocycles. The number of carbonyl (C=O) groups excluding carboxylic acids is 2. The Balaban J connectivity index is 1.74. The predicted molar refractivity (Wildman–Crippen MR) is 129 cm³/mol. The lowest BCUT2D eigenvalue weighted by Crippen LogP contribution is -2.30. The Morgan fingerprint density at radius 2 is 1.91 bits per heavy atom. The number of hydrogen-bond acceptors (Lipinski definition) is 7. The highest BCUT2D eigenvalue weighted by Crippen LogP contribution is 2.47. The molecule has 2 unspecified atom stereocenters. The van der Waals surface area contributed by atoms with E-state index in [0.29, 0.717) is 29.0 Å². The molecule has 2 atom stereocenters. The molecule has 1 fully saturated rings. The Labute approximate surface area is 202 Å². The van der Waals surface area contributed by atoms with Gasteiger partial charge in [-0.1, -0.05) is 18.2 Å².